The number of ether oxygens (including phenoxy) is 1. The van der Waals surface area contributed by atoms with Gasteiger partial charge < -0.3 is 26.0 Å². The van der Waals surface area contributed by atoms with E-state index < -0.39 is 22.8 Å². The SMILES string of the molecule is C=C(C)N(Cc1ccc(C#N)cc1)C(=O)c1cc(N[C@@H]2CCCOC(=O)NCC2)c(-c2ncc(C(F)(F)C(N)=O)s2)cc1C. The summed E-state index contributed by atoms with van der Waals surface area (Å²) in [5, 5.41) is 15.4. The van der Waals surface area contributed by atoms with Gasteiger partial charge in [-0.05, 0) is 68.5 Å². The zero-order valence-corrected chi connectivity index (χ0v) is 25.1. The van der Waals surface area contributed by atoms with E-state index in [0.717, 1.165) is 11.8 Å². The molecule has 2 aromatic carbocycles. The molecule has 13 heteroatoms. The van der Waals surface area contributed by atoms with E-state index in [9.17, 15) is 23.2 Å². The monoisotopic (exact) mass is 622 g/mol. The number of carbonyl (C=O) groups excluding carboxylic acids is 3. The number of nitrogens with zero attached hydrogens (tertiary/aromatic N) is 3. The number of cyclic esters (lactones) is 1. The van der Waals surface area contributed by atoms with Crippen molar-refractivity contribution < 1.29 is 27.9 Å². The zero-order valence-electron chi connectivity index (χ0n) is 24.3. The molecule has 3 amide bonds. The zero-order chi connectivity index (χ0) is 32.0. The van der Waals surface area contributed by atoms with Crippen molar-refractivity contribution >= 4 is 34.9 Å². The molecule has 3 aromatic rings. The molecule has 1 atom stereocenters. The van der Waals surface area contributed by atoms with E-state index >= 15 is 0 Å². The maximum Gasteiger partial charge on any atom is 0.407 e. The number of alkyl halides is 2. The molecule has 44 heavy (non-hydrogen) atoms. The van der Waals surface area contributed by atoms with Crippen molar-refractivity contribution in [2.24, 2.45) is 5.73 Å². The highest BCUT2D eigenvalue weighted by atomic mass is 32.1. The predicted octanol–water partition coefficient (Wildman–Crippen LogP) is 5.43. The number of aryl methyl sites for hydroxylation is 1. The van der Waals surface area contributed by atoms with Gasteiger partial charge in [-0.3, -0.25) is 9.59 Å². The summed E-state index contributed by atoms with van der Waals surface area (Å²) in [6.45, 7) is 8.22. The van der Waals surface area contributed by atoms with Gasteiger partial charge in [0.25, 0.3) is 11.8 Å². The van der Waals surface area contributed by atoms with Gasteiger partial charge >= 0.3 is 12.0 Å². The number of nitrogens with one attached hydrogen (secondary N) is 2. The average molecular weight is 623 g/mol. The van der Waals surface area contributed by atoms with E-state index in [1.54, 1.807) is 50.2 Å². The summed E-state index contributed by atoms with van der Waals surface area (Å²) in [5.74, 6) is -6.00. The fourth-order valence-electron chi connectivity index (χ4n) is 4.70. The molecular formula is C31H32F2N6O4S. The van der Waals surface area contributed by atoms with Crippen LogP contribution in [0.1, 0.15) is 58.1 Å². The number of primary amides is 1. The summed E-state index contributed by atoms with van der Waals surface area (Å²) < 4.78 is 34.0. The molecule has 0 saturated carbocycles. The van der Waals surface area contributed by atoms with Crippen molar-refractivity contribution in [2.45, 2.75) is 51.6 Å². The number of hydrogen-bond acceptors (Lipinski definition) is 8. The summed E-state index contributed by atoms with van der Waals surface area (Å²) in [6, 6.07) is 12.2. The Morgan fingerprint density at radius 3 is 2.68 bits per heavy atom. The number of hydrogen-bond donors (Lipinski definition) is 3. The van der Waals surface area contributed by atoms with E-state index in [4.69, 9.17) is 15.7 Å². The van der Waals surface area contributed by atoms with Crippen LogP contribution in [-0.2, 0) is 22.0 Å². The first kappa shape index (κ1) is 32.1. The van der Waals surface area contributed by atoms with Crippen LogP contribution < -0.4 is 16.4 Å². The van der Waals surface area contributed by atoms with E-state index in [2.05, 4.69) is 28.3 Å². The predicted molar refractivity (Wildman–Crippen MR) is 162 cm³/mol. The van der Waals surface area contributed by atoms with Crippen LogP contribution in [0.15, 0.2) is 54.9 Å². The van der Waals surface area contributed by atoms with Crippen molar-refractivity contribution in [1.29, 1.82) is 5.26 Å². The maximum absolute atomic E-state index is 14.4. The Balaban J connectivity index is 1.74. The van der Waals surface area contributed by atoms with Gasteiger partial charge in [0.1, 0.15) is 9.88 Å². The Hall–Kier alpha value is -4.83. The fraction of sp³-hybridized carbons (Fsp3) is 0.323. The summed E-state index contributed by atoms with van der Waals surface area (Å²) >= 11 is 0.636. The van der Waals surface area contributed by atoms with Gasteiger partial charge in [-0.1, -0.05) is 18.7 Å². The highest BCUT2D eigenvalue weighted by Gasteiger charge is 2.41. The molecule has 0 aliphatic carbocycles. The molecule has 4 N–H and O–H groups in total. The summed E-state index contributed by atoms with van der Waals surface area (Å²) in [6.07, 6.45) is 2.17. The number of halogens is 2. The van der Waals surface area contributed by atoms with Gasteiger partial charge in [0.2, 0.25) is 0 Å². The lowest BCUT2D eigenvalue weighted by molar-refractivity contribution is -0.142. The smallest absolute Gasteiger partial charge is 0.407 e. The van der Waals surface area contributed by atoms with Gasteiger partial charge in [0.05, 0.1) is 24.8 Å². The molecule has 1 aromatic heterocycles. The molecule has 2 heterocycles. The van der Waals surface area contributed by atoms with E-state index in [1.807, 2.05) is 0 Å². The van der Waals surface area contributed by atoms with Crippen LogP contribution in [-0.4, -0.2) is 47.0 Å². The van der Waals surface area contributed by atoms with E-state index in [0.29, 0.717) is 70.8 Å². The quantitative estimate of drug-likeness (QED) is 0.288. The molecule has 1 saturated heterocycles. The lowest BCUT2D eigenvalue weighted by Gasteiger charge is -2.26. The first-order valence-electron chi connectivity index (χ1n) is 13.8. The van der Waals surface area contributed by atoms with Gasteiger partial charge in [-0.15, -0.1) is 11.3 Å². The number of anilines is 1. The number of amides is 3. The molecule has 1 fully saturated rings. The topological polar surface area (TPSA) is 150 Å². The van der Waals surface area contributed by atoms with Crippen LogP contribution in [0.3, 0.4) is 0 Å². The van der Waals surface area contributed by atoms with Crippen molar-refractivity contribution in [2.75, 3.05) is 18.5 Å². The number of thiazole rings is 1. The number of rotatable bonds is 9. The standard InChI is InChI=1S/C31H32F2N6O4S/c1-18(2)39(17-21-8-6-20(15-34)7-9-21)28(40)23-14-25(38-22-5-4-12-43-30(42)36-11-10-22)24(13-19(23)3)27-37-16-26(44-27)31(32,33)29(35)41/h6-9,13-14,16,22,38H,1,4-5,10-12,17H2,2-3H3,(H2,35,41)(H,36,42)/t22-/m1/s1. The van der Waals surface area contributed by atoms with Gasteiger partial charge in [-0.2, -0.15) is 14.0 Å². The number of nitriles is 1. The Kier molecular flexibility index (Phi) is 9.95. The molecular weight excluding hydrogens is 590 g/mol. The minimum Gasteiger partial charge on any atom is -0.450 e. The Labute approximate surface area is 257 Å². The first-order chi connectivity index (χ1) is 20.9. The minimum atomic E-state index is -3.89. The summed E-state index contributed by atoms with van der Waals surface area (Å²) in [4.78, 5) is 42.2. The Morgan fingerprint density at radius 2 is 2.02 bits per heavy atom. The molecule has 10 nitrogen and oxygen atoms in total. The van der Waals surface area contributed by atoms with Crippen molar-refractivity contribution in [3.05, 3.63) is 82.0 Å². The highest BCUT2D eigenvalue weighted by molar-refractivity contribution is 7.15. The number of nitrogens with two attached hydrogens (primary N) is 1. The number of allylic oxidation sites excluding steroid dienone is 1. The number of benzene rings is 2. The fourth-order valence-corrected chi connectivity index (χ4v) is 5.62. The van der Waals surface area contributed by atoms with E-state index in [1.165, 1.54) is 4.90 Å². The normalized spacial score (nSPS) is 15.4. The molecule has 230 valence electrons. The first-order valence-corrected chi connectivity index (χ1v) is 14.6. The highest BCUT2D eigenvalue weighted by Crippen LogP contribution is 2.40. The number of carbonyl (C=O) groups is 3. The Bertz CT molecular complexity index is 1620. The van der Waals surface area contributed by atoms with Crippen molar-refractivity contribution in [3.8, 4) is 16.6 Å². The second-order valence-corrected chi connectivity index (χ2v) is 11.5. The molecule has 0 spiro atoms. The summed E-state index contributed by atoms with van der Waals surface area (Å²) in [5.41, 5.74) is 8.58. The lowest BCUT2D eigenvalue weighted by atomic mass is 9.99. The third-order valence-electron chi connectivity index (χ3n) is 7.13. The van der Waals surface area contributed by atoms with Crippen LogP contribution in [0.25, 0.3) is 10.6 Å². The van der Waals surface area contributed by atoms with Crippen LogP contribution in [0, 0.1) is 18.3 Å². The van der Waals surface area contributed by atoms with Gasteiger partial charge in [0, 0.05) is 41.3 Å². The van der Waals surface area contributed by atoms with Crippen LogP contribution in [0.5, 0.6) is 0 Å². The lowest BCUT2D eigenvalue weighted by Crippen LogP contribution is -2.32. The van der Waals surface area contributed by atoms with Crippen molar-refractivity contribution in [1.82, 2.24) is 15.2 Å². The molecule has 0 bridgehead atoms. The molecule has 0 unspecified atom stereocenters. The summed E-state index contributed by atoms with van der Waals surface area (Å²) in [7, 11) is 0. The molecule has 1 aliphatic rings. The molecule has 4 rings (SSSR count). The number of alkyl carbamates (subject to hydrolysis) is 1. The average Bonchev–Trinajstić information content (AvgIpc) is 3.52. The van der Waals surface area contributed by atoms with Gasteiger partial charge in [-0.25, -0.2) is 9.78 Å². The van der Waals surface area contributed by atoms with Crippen LogP contribution in [0.2, 0.25) is 0 Å². The van der Waals surface area contributed by atoms with Gasteiger partial charge in [0.15, 0.2) is 0 Å². The second kappa shape index (κ2) is 13.6. The minimum absolute atomic E-state index is 0.163. The van der Waals surface area contributed by atoms with Crippen LogP contribution >= 0.6 is 11.3 Å². The third kappa shape index (κ3) is 7.38. The molecule has 1 aliphatic heterocycles. The number of aromatic nitrogens is 1. The third-order valence-corrected chi connectivity index (χ3v) is 8.23. The van der Waals surface area contributed by atoms with Crippen LogP contribution in [0.4, 0.5) is 19.3 Å². The maximum atomic E-state index is 14.4. The largest absolute Gasteiger partial charge is 0.450 e. The second-order valence-electron chi connectivity index (χ2n) is 10.5. The molecule has 0 radical (unpaired) electrons. The van der Waals surface area contributed by atoms with Crippen molar-refractivity contribution in [3.63, 3.8) is 0 Å². The van der Waals surface area contributed by atoms with E-state index in [-0.39, 0.29) is 30.1 Å². The Morgan fingerprint density at radius 1 is 1.30 bits per heavy atom.